The lowest BCUT2D eigenvalue weighted by Gasteiger charge is -2.25. The van der Waals surface area contributed by atoms with Gasteiger partial charge in [0, 0.05) is 0 Å². The van der Waals surface area contributed by atoms with Crippen LogP contribution >= 0.6 is 27.3 Å². The van der Waals surface area contributed by atoms with Gasteiger partial charge < -0.3 is 5.11 Å². The Kier molecular flexibility index (Phi) is 3.57. The predicted molar refractivity (Wildman–Crippen MR) is 61.3 cm³/mol. The van der Waals surface area contributed by atoms with Crippen LogP contribution in [0.15, 0.2) is 9.98 Å². The Morgan fingerprint density at radius 3 is 2.71 bits per heavy atom. The average Bonchev–Trinajstić information content (AvgIpc) is 2.65. The van der Waals surface area contributed by atoms with Crippen LogP contribution in [-0.2, 0) is 0 Å². The summed E-state index contributed by atoms with van der Waals surface area (Å²) in [7, 11) is 0. The van der Waals surface area contributed by atoms with E-state index in [0.717, 1.165) is 21.6 Å². The largest absolute Gasteiger partial charge is 0.386 e. The molecule has 1 atom stereocenters. The minimum Gasteiger partial charge on any atom is -0.386 e. The third-order valence-electron chi connectivity index (χ3n) is 2.84. The van der Waals surface area contributed by atoms with E-state index in [9.17, 15) is 5.11 Å². The lowest BCUT2D eigenvalue weighted by atomic mass is 9.85. The standard InChI is InChI=1S/C10H14BrNOS/c11-8-6-12-10(14-8)9(13)7-4-2-1-3-5-7/h6-7,9,13H,1-5H2/t9-/m0/s1. The van der Waals surface area contributed by atoms with Crippen molar-refractivity contribution >= 4 is 27.3 Å². The van der Waals surface area contributed by atoms with Crippen molar-refractivity contribution in [3.8, 4) is 0 Å². The number of rotatable bonds is 2. The fourth-order valence-corrected chi connectivity index (χ4v) is 3.38. The lowest BCUT2D eigenvalue weighted by molar-refractivity contribution is 0.0846. The average molecular weight is 276 g/mol. The van der Waals surface area contributed by atoms with E-state index in [2.05, 4.69) is 20.9 Å². The topological polar surface area (TPSA) is 33.1 Å². The van der Waals surface area contributed by atoms with E-state index in [4.69, 9.17) is 0 Å². The van der Waals surface area contributed by atoms with Gasteiger partial charge in [-0.2, -0.15) is 0 Å². The van der Waals surface area contributed by atoms with Crippen LogP contribution in [0.4, 0.5) is 0 Å². The monoisotopic (exact) mass is 275 g/mol. The van der Waals surface area contributed by atoms with Crippen LogP contribution in [-0.4, -0.2) is 10.1 Å². The van der Waals surface area contributed by atoms with Crippen LogP contribution in [0.5, 0.6) is 0 Å². The van der Waals surface area contributed by atoms with Crippen LogP contribution < -0.4 is 0 Å². The normalized spacial score (nSPS) is 21.0. The molecule has 1 heterocycles. The first-order valence-electron chi connectivity index (χ1n) is 5.06. The summed E-state index contributed by atoms with van der Waals surface area (Å²) in [6.07, 6.45) is 7.57. The summed E-state index contributed by atoms with van der Waals surface area (Å²) in [5.41, 5.74) is 0. The smallest absolute Gasteiger partial charge is 0.123 e. The van der Waals surface area contributed by atoms with Crippen molar-refractivity contribution in [1.29, 1.82) is 0 Å². The Hall–Kier alpha value is 0.0700. The van der Waals surface area contributed by atoms with Crippen LogP contribution in [0.1, 0.15) is 43.2 Å². The van der Waals surface area contributed by atoms with E-state index in [0.29, 0.717) is 5.92 Å². The third kappa shape index (κ3) is 2.35. The van der Waals surface area contributed by atoms with Crippen LogP contribution in [0.2, 0.25) is 0 Å². The van der Waals surface area contributed by atoms with Crippen molar-refractivity contribution in [1.82, 2.24) is 4.98 Å². The molecule has 0 radical (unpaired) electrons. The summed E-state index contributed by atoms with van der Waals surface area (Å²) in [4.78, 5) is 4.21. The first-order valence-corrected chi connectivity index (χ1v) is 6.67. The highest BCUT2D eigenvalue weighted by Crippen LogP contribution is 2.36. The van der Waals surface area contributed by atoms with Gasteiger partial charge in [0.05, 0.1) is 9.98 Å². The summed E-state index contributed by atoms with van der Waals surface area (Å²) in [6, 6.07) is 0. The van der Waals surface area contributed by atoms with Crippen molar-refractivity contribution in [2.45, 2.75) is 38.2 Å². The van der Waals surface area contributed by atoms with Crippen molar-refractivity contribution in [3.05, 3.63) is 15.0 Å². The van der Waals surface area contributed by atoms with Gasteiger partial charge in [-0.3, -0.25) is 0 Å². The Labute approximate surface area is 96.5 Å². The van der Waals surface area contributed by atoms with Gasteiger partial charge in [-0.1, -0.05) is 19.3 Å². The van der Waals surface area contributed by atoms with Gasteiger partial charge in [0.15, 0.2) is 0 Å². The first kappa shape index (κ1) is 10.6. The number of hydrogen-bond acceptors (Lipinski definition) is 3. The Balaban J connectivity index is 2.03. The summed E-state index contributed by atoms with van der Waals surface area (Å²) in [6.45, 7) is 0. The SMILES string of the molecule is O[C@H](c1ncc(Br)s1)C1CCCCC1. The molecule has 1 N–H and O–H groups in total. The highest BCUT2D eigenvalue weighted by molar-refractivity contribution is 9.11. The van der Waals surface area contributed by atoms with Crippen molar-refractivity contribution in [2.24, 2.45) is 5.92 Å². The van der Waals surface area contributed by atoms with Gasteiger partial charge in [0.2, 0.25) is 0 Å². The minimum atomic E-state index is -0.341. The summed E-state index contributed by atoms with van der Waals surface area (Å²) < 4.78 is 1.00. The molecule has 1 fully saturated rings. The molecular formula is C10H14BrNOS. The molecule has 2 rings (SSSR count). The van der Waals surface area contributed by atoms with Crippen molar-refractivity contribution in [2.75, 3.05) is 0 Å². The van der Waals surface area contributed by atoms with Gasteiger partial charge in [0.25, 0.3) is 0 Å². The maximum Gasteiger partial charge on any atom is 0.123 e. The molecule has 0 unspecified atom stereocenters. The molecule has 2 nitrogen and oxygen atoms in total. The van der Waals surface area contributed by atoms with E-state index in [1.54, 1.807) is 17.5 Å². The maximum atomic E-state index is 10.1. The molecule has 1 aliphatic carbocycles. The number of aliphatic hydroxyl groups is 1. The molecule has 1 saturated carbocycles. The zero-order chi connectivity index (χ0) is 9.97. The highest BCUT2D eigenvalue weighted by Gasteiger charge is 2.24. The molecule has 0 aliphatic heterocycles. The van der Waals surface area contributed by atoms with E-state index in [-0.39, 0.29) is 6.10 Å². The maximum absolute atomic E-state index is 10.1. The van der Waals surface area contributed by atoms with E-state index < -0.39 is 0 Å². The van der Waals surface area contributed by atoms with Crippen molar-refractivity contribution in [3.63, 3.8) is 0 Å². The zero-order valence-corrected chi connectivity index (χ0v) is 10.4. The number of halogens is 1. The molecule has 78 valence electrons. The summed E-state index contributed by atoms with van der Waals surface area (Å²) >= 11 is 4.91. The second-order valence-electron chi connectivity index (χ2n) is 3.85. The molecule has 0 spiro atoms. The fourth-order valence-electron chi connectivity index (χ4n) is 2.06. The quantitative estimate of drug-likeness (QED) is 0.896. The first-order chi connectivity index (χ1) is 6.77. The van der Waals surface area contributed by atoms with Crippen molar-refractivity contribution < 1.29 is 5.11 Å². The predicted octanol–water partition coefficient (Wildman–Crippen LogP) is 3.52. The van der Waals surface area contributed by atoms with Gasteiger partial charge in [-0.05, 0) is 34.7 Å². The van der Waals surface area contributed by atoms with E-state index in [1.165, 1.54) is 19.3 Å². The molecular weight excluding hydrogens is 262 g/mol. The summed E-state index contributed by atoms with van der Waals surface area (Å²) in [5.74, 6) is 0.432. The molecule has 4 heteroatoms. The van der Waals surface area contributed by atoms with E-state index >= 15 is 0 Å². The fraction of sp³-hybridized carbons (Fsp3) is 0.700. The summed E-state index contributed by atoms with van der Waals surface area (Å²) in [5, 5.41) is 11.0. The van der Waals surface area contributed by atoms with Gasteiger partial charge in [-0.25, -0.2) is 4.98 Å². The zero-order valence-electron chi connectivity index (χ0n) is 7.95. The third-order valence-corrected chi connectivity index (χ3v) is 4.39. The lowest BCUT2D eigenvalue weighted by Crippen LogP contribution is -2.15. The number of thiazole rings is 1. The minimum absolute atomic E-state index is 0.341. The molecule has 1 aromatic rings. The Bertz CT molecular complexity index is 296. The van der Waals surface area contributed by atoms with E-state index in [1.807, 2.05) is 0 Å². The molecule has 0 bridgehead atoms. The molecule has 14 heavy (non-hydrogen) atoms. The molecule has 0 aromatic carbocycles. The Morgan fingerprint density at radius 2 is 2.14 bits per heavy atom. The number of aliphatic hydroxyl groups excluding tert-OH is 1. The molecule has 1 aromatic heterocycles. The number of nitrogens with zero attached hydrogens (tertiary/aromatic N) is 1. The highest BCUT2D eigenvalue weighted by atomic mass is 79.9. The Morgan fingerprint density at radius 1 is 1.43 bits per heavy atom. The van der Waals surface area contributed by atoms with Crippen LogP contribution in [0.25, 0.3) is 0 Å². The van der Waals surface area contributed by atoms with Crippen LogP contribution in [0, 0.1) is 5.92 Å². The second kappa shape index (κ2) is 4.73. The van der Waals surface area contributed by atoms with Gasteiger partial charge in [0.1, 0.15) is 11.1 Å². The van der Waals surface area contributed by atoms with Gasteiger partial charge >= 0.3 is 0 Å². The van der Waals surface area contributed by atoms with Gasteiger partial charge in [-0.15, -0.1) is 11.3 Å². The van der Waals surface area contributed by atoms with Crippen LogP contribution in [0.3, 0.4) is 0 Å². The number of aromatic nitrogens is 1. The molecule has 1 aliphatic rings. The number of hydrogen-bond donors (Lipinski definition) is 1. The second-order valence-corrected chi connectivity index (χ2v) is 6.29. The molecule has 0 amide bonds. The molecule has 0 saturated heterocycles.